The molecule has 3 amide bonds. The van der Waals surface area contributed by atoms with Crippen molar-refractivity contribution in [3.63, 3.8) is 0 Å². The van der Waals surface area contributed by atoms with Gasteiger partial charge in [0.2, 0.25) is 10.0 Å². The van der Waals surface area contributed by atoms with Crippen molar-refractivity contribution in [1.29, 1.82) is 0 Å². The van der Waals surface area contributed by atoms with E-state index in [4.69, 9.17) is 0 Å². The first-order valence-electron chi connectivity index (χ1n) is 11.8. The fraction of sp³-hybridized carbons (Fsp3) is 0.240. The smallest absolute Gasteiger partial charge is 0.305 e. The molecule has 15 heteroatoms. The molecule has 0 unspecified atom stereocenters. The van der Waals surface area contributed by atoms with Gasteiger partial charge in [-0.2, -0.15) is 13.2 Å². The Bertz CT molecular complexity index is 1690. The molecular formula is C25H21F3N4O6S2. The van der Waals surface area contributed by atoms with E-state index in [1.165, 1.54) is 23.4 Å². The van der Waals surface area contributed by atoms with Gasteiger partial charge < -0.3 is 4.90 Å². The van der Waals surface area contributed by atoms with E-state index in [0.29, 0.717) is 36.1 Å². The zero-order valence-electron chi connectivity index (χ0n) is 20.5. The van der Waals surface area contributed by atoms with Crippen LogP contribution in [0.1, 0.15) is 24.0 Å². The minimum atomic E-state index is -5.61. The maximum absolute atomic E-state index is 13.4. The molecule has 1 N–H and O–H groups in total. The molecule has 3 aromatic rings. The lowest BCUT2D eigenvalue weighted by molar-refractivity contribution is -0.120. The number of halogens is 3. The quantitative estimate of drug-likeness (QED) is 0.392. The van der Waals surface area contributed by atoms with Gasteiger partial charge in [-0.15, -0.1) is 0 Å². The van der Waals surface area contributed by atoms with Crippen LogP contribution in [-0.2, 0) is 37.0 Å². The number of hydrogen-bond acceptors (Lipinski definition) is 7. The van der Waals surface area contributed by atoms with Crippen molar-refractivity contribution in [3.05, 3.63) is 84.2 Å². The van der Waals surface area contributed by atoms with Crippen LogP contribution in [0.15, 0.2) is 78.0 Å². The topological polar surface area (TPSA) is 134 Å². The molecule has 40 heavy (non-hydrogen) atoms. The average Bonchev–Trinajstić information content (AvgIpc) is 3.66. The van der Waals surface area contributed by atoms with Crippen LogP contribution >= 0.6 is 0 Å². The molecule has 0 radical (unpaired) electrons. The first-order valence-corrected chi connectivity index (χ1v) is 14.9. The molecule has 2 fully saturated rings. The second-order valence-electron chi connectivity index (χ2n) is 9.36. The number of aromatic nitrogens is 1. The van der Waals surface area contributed by atoms with Gasteiger partial charge in [0, 0.05) is 6.20 Å². The van der Waals surface area contributed by atoms with Crippen LogP contribution in [0.25, 0.3) is 0 Å². The first kappa shape index (κ1) is 27.6. The van der Waals surface area contributed by atoms with Gasteiger partial charge in [0.05, 0.1) is 34.8 Å². The van der Waals surface area contributed by atoms with Crippen LogP contribution in [0.3, 0.4) is 0 Å². The van der Waals surface area contributed by atoms with Gasteiger partial charge in [-0.25, -0.2) is 26.5 Å². The molecule has 10 nitrogen and oxygen atoms in total. The minimum absolute atomic E-state index is 0.0941. The number of amides is 3. The summed E-state index contributed by atoms with van der Waals surface area (Å²) in [5.41, 5.74) is -5.75. The number of imide groups is 1. The average molecular weight is 595 g/mol. The van der Waals surface area contributed by atoms with E-state index in [9.17, 15) is 39.6 Å². The highest BCUT2D eigenvalue weighted by atomic mass is 32.2. The van der Waals surface area contributed by atoms with Gasteiger partial charge in [0.15, 0.2) is 0 Å². The second kappa shape index (κ2) is 9.59. The first-order chi connectivity index (χ1) is 18.8. The summed E-state index contributed by atoms with van der Waals surface area (Å²) in [6, 6.07) is 12.5. The van der Waals surface area contributed by atoms with Gasteiger partial charge in [-0.3, -0.25) is 14.5 Å². The van der Waals surface area contributed by atoms with E-state index in [0.717, 1.165) is 17.0 Å². The summed E-state index contributed by atoms with van der Waals surface area (Å²) >= 11 is 0. The highest BCUT2D eigenvalue weighted by Gasteiger charge is 2.65. The Labute approximate surface area is 227 Å². The van der Waals surface area contributed by atoms with E-state index in [1.807, 2.05) is 0 Å². The van der Waals surface area contributed by atoms with Crippen LogP contribution in [0.2, 0.25) is 0 Å². The molecule has 1 saturated heterocycles. The zero-order chi connectivity index (χ0) is 28.9. The Morgan fingerprint density at radius 1 is 0.925 bits per heavy atom. The van der Waals surface area contributed by atoms with Gasteiger partial charge >= 0.3 is 11.5 Å². The fourth-order valence-electron chi connectivity index (χ4n) is 4.49. The predicted molar refractivity (Wildman–Crippen MR) is 137 cm³/mol. The summed E-state index contributed by atoms with van der Waals surface area (Å²) in [4.78, 5) is 31.7. The van der Waals surface area contributed by atoms with Crippen molar-refractivity contribution in [2.75, 3.05) is 9.62 Å². The summed E-state index contributed by atoms with van der Waals surface area (Å²) in [7, 11) is -9.47. The Morgan fingerprint density at radius 2 is 1.57 bits per heavy atom. The number of carbonyl (C=O) groups is 2. The lowest BCUT2D eigenvalue weighted by atomic mass is 10.1. The summed E-state index contributed by atoms with van der Waals surface area (Å²) in [6.07, 6.45) is 3.35. The fourth-order valence-corrected chi connectivity index (χ4v) is 6.48. The molecule has 1 aromatic heterocycles. The molecule has 5 rings (SSSR count). The number of sulfone groups is 1. The maximum atomic E-state index is 13.4. The zero-order valence-corrected chi connectivity index (χ0v) is 22.1. The van der Waals surface area contributed by atoms with Crippen molar-refractivity contribution in [3.8, 4) is 0 Å². The van der Waals surface area contributed by atoms with Gasteiger partial charge in [-0.1, -0.05) is 30.3 Å². The number of nitrogens with zero attached hydrogens (tertiary/aromatic N) is 3. The van der Waals surface area contributed by atoms with E-state index < -0.39 is 47.7 Å². The maximum Gasteiger partial charge on any atom is 0.501 e. The molecule has 2 aromatic carbocycles. The molecule has 1 aliphatic heterocycles. The summed E-state index contributed by atoms with van der Waals surface area (Å²) in [6.45, 7) is -0.159. The number of pyridine rings is 1. The number of alkyl halides is 3. The minimum Gasteiger partial charge on any atom is -0.305 e. The normalized spacial score (nSPS) is 17.0. The van der Waals surface area contributed by atoms with Crippen LogP contribution in [0.5, 0.6) is 0 Å². The molecule has 0 bridgehead atoms. The van der Waals surface area contributed by atoms with Crippen LogP contribution in [0, 0.1) is 0 Å². The Kier molecular flexibility index (Phi) is 6.61. The van der Waals surface area contributed by atoms with Crippen molar-refractivity contribution in [1.82, 2.24) is 9.88 Å². The third-order valence-corrected chi connectivity index (χ3v) is 9.42. The summed E-state index contributed by atoms with van der Waals surface area (Å²) in [5.74, 6) is -0.912. The standard InChI is InChI=1S/C25H21F3N4O6S2/c26-25(27,28)40(37,38)20-8-6-19(7-9-20)32-22(33)24(11-12-24)31(23(32)34)15-18-10-13-29-14-21(18)30-39(35,36)16-17-4-2-1-3-5-17/h1-10,13-14,30H,11-12,15-16H2. The number of carbonyl (C=O) groups excluding carboxylic acids is 2. The second-order valence-corrected chi connectivity index (χ2v) is 13.0. The van der Waals surface area contributed by atoms with E-state index >= 15 is 0 Å². The number of benzene rings is 2. The van der Waals surface area contributed by atoms with E-state index in [1.54, 1.807) is 30.3 Å². The van der Waals surface area contributed by atoms with Gasteiger partial charge in [0.1, 0.15) is 5.54 Å². The number of rotatable bonds is 8. The van der Waals surface area contributed by atoms with E-state index in [-0.39, 0.29) is 23.7 Å². The third kappa shape index (κ3) is 4.90. The molecule has 0 atom stereocenters. The monoisotopic (exact) mass is 594 g/mol. The third-order valence-electron chi connectivity index (χ3n) is 6.68. The predicted octanol–water partition coefficient (Wildman–Crippen LogP) is 3.82. The van der Waals surface area contributed by atoms with Gasteiger partial charge in [-0.05, 0) is 54.3 Å². The summed E-state index contributed by atoms with van der Waals surface area (Å²) in [5, 5.41) is 0. The molecular weight excluding hydrogens is 573 g/mol. The number of sulfonamides is 1. The van der Waals surface area contributed by atoms with Gasteiger partial charge in [0.25, 0.3) is 15.7 Å². The SMILES string of the molecule is O=C1N(c2ccc(S(=O)(=O)C(F)(F)F)cc2)C(=O)C2(CC2)N1Cc1ccncc1NS(=O)(=O)Cc1ccccc1. The molecule has 2 aliphatic rings. The number of nitrogens with one attached hydrogen (secondary N) is 1. The Morgan fingerprint density at radius 3 is 2.17 bits per heavy atom. The molecule has 210 valence electrons. The molecule has 1 spiro atoms. The summed E-state index contributed by atoms with van der Waals surface area (Å²) < 4.78 is 90.2. The lowest BCUT2D eigenvalue weighted by Gasteiger charge is -2.23. The van der Waals surface area contributed by atoms with Crippen molar-refractivity contribution < 1.29 is 39.6 Å². The largest absolute Gasteiger partial charge is 0.501 e. The number of urea groups is 1. The molecule has 1 aliphatic carbocycles. The Hall–Kier alpha value is -3.98. The highest BCUT2D eigenvalue weighted by Crippen LogP contribution is 2.50. The number of hydrogen-bond donors (Lipinski definition) is 1. The lowest BCUT2D eigenvalue weighted by Crippen LogP contribution is -2.36. The van der Waals surface area contributed by atoms with E-state index in [2.05, 4.69) is 9.71 Å². The highest BCUT2D eigenvalue weighted by molar-refractivity contribution is 7.92. The van der Waals surface area contributed by atoms with Crippen molar-refractivity contribution in [2.45, 2.75) is 41.1 Å². The number of anilines is 2. The van der Waals surface area contributed by atoms with Crippen LogP contribution in [0.4, 0.5) is 29.3 Å². The molecule has 1 saturated carbocycles. The Balaban J connectivity index is 1.39. The molecule has 2 heterocycles. The van der Waals surface area contributed by atoms with Crippen molar-refractivity contribution in [2.24, 2.45) is 0 Å². The van der Waals surface area contributed by atoms with Crippen molar-refractivity contribution >= 4 is 43.2 Å². The van der Waals surface area contributed by atoms with Crippen LogP contribution < -0.4 is 9.62 Å². The van der Waals surface area contributed by atoms with Crippen LogP contribution in [-0.4, -0.2) is 49.7 Å².